The monoisotopic (exact) mass is 389 g/mol. The molecule has 0 amide bonds. The van der Waals surface area contributed by atoms with E-state index < -0.39 is 10.2 Å². The maximum absolute atomic E-state index is 12.6. The molecule has 1 aromatic carbocycles. The van der Waals surface area contributed by atoms with Crippen LogP contribution in [0.25, 0.3) is 5.69 Å². The van der Waals surface area contributed by atoms with E-state index in [1.165, 1.54) is 9.87 Å². The minimum atomic E-state index is -3.35. The Kier molecular flexibility index (Phi) is 5.07. The maximum Gasteiger partial charge on any atom is 0.281 e. The highest BCUT2D eigenvalue weighted by Gasteiger charge is 2.39. The van der Waals surface area contributed by atoms with Crippen molar-refractivity contribution in [2.75, 3.05) is 33.7 Å². The molecular weight excluding hydrogens is 362 g/mol. The summed E-state index contributed by atoms with van der Waals surface area (Å²) in [7, 11) is -0.122. The number of hydrogen-bond donors (Lipinski definition) is 0. The van der Waals surface area contributed by atoms with Gasteiger partial charge in [-0.15, -0.1) is 0 Å². The van der Waals surface area contributed by atoms with Gasteiger partial charge in [0.15, 0.2) is 0 Å². The molecule has 4 heterocycles. The van der Waals surface area contributed by atoms with Gasteiger partial charge in [0.05, 0.1) is 5.69 Å². The molecule has 0 spiro atoms. The van der Waals surface area contributed by atoms with Crippen LogP contribution in [0.2, 0.25) is 0 Å². The maximum atomic E-state index is 12.6. The lowest BCUT2D eigenvalue weighted by molar-refractivity contribution is 0.125. The Morgan fingerprint density at radius 1 is 1.11 bits per heavy atom. The summed E-state index contributed by atoms with van der Waals surface area (Å²) >= 11 is 0. The van der Waals surface area contributed by atoms with Gasteiger partial charge in [-0.1, -0.05) is 12.1 Å². The highest BCUT2D eigenvalue weighted by molar-refractivity contribution is 7.86. The van der Waals surface area contributed by atoms with Crippen molar-refractivity contribution in [2.45, 2.75) is 25.4 Å². The molecule has 8 heteroatoms. The van der Waals surface area contributed by atoms with E-state index in [0.717, 1.165) is 31.6 Å². The minimum Gasteiger partial charge on any atom is -0.294 e. The van der Waals surface area contributed by atoms with Crippen molar-refractivity contribution < 1.29 is 8.42 Å². The zero-order chi connectivity index (χ0) is 19.0. The zero-order valence-electron chi connectivity index (χ0n) is 15.9. The van der Waals surface area contributed by atoms with Crippen LogP contribution in [0.5, 0.6) is 0 Å². The fourth-order valence-electron chi connectivity index (χ4n) is 4.16. The summed E-state index contributed by atoms with van der Waals surface area (Å²) in [6.45, 7) is 3.04. The number of aromatic nitrogens is 2. The molecular formula is C19H27N5O2S. The summed E-state index contributed by atoms with van der Waals surface area (Å²) in [6.07, 6.45) is 5.88. The van der Waals surface area contributed by atoms with E-state index in [1.54, 1.807) is 24.6 Å². The molecule has 27 heavy (non-hydrogen) atoms. The van der Waals surface area contributed by atoms with Crippen LogP contribution in [0.15, 0.2) is 42.7 Å². The van der Waals surface area contributed by atoms with Gasteiger partial charge < -0.3 is 0 Å². The first-order valence-electron chi connectivity index (χ1n) is 9.44. The third kappa shape index (κ3) is 3.80. The highest BCUT2D eigenvalue weighted by atomic mass is 32.2. The largest absolute Gasteiger partial charge is 0.294 e. The van der Waals surface area contributed by atoms with E-state index >= 15 is 0 Å². The first-order chi connectivity index (χ1) is 12.9. The van der Waals surface area contributed by atoms with Gasteiger partial charge in [0.25, 0.3) is 10.2 Å². The standard InChI is InChI=1S/C19H27N5O2S/c1-21(2)27(25,26)23-14-17-6-9-19(15-23)22(13-17)12-16-4-7-18(8-5-16)24-11-3-10-20-24/h3-5,7-8,10-11,17,19H,6,9,12-15H2,1-2H3/t17-,19-/m1/s1. The third-order valence-corrected chi connectivity index (χ3v) is 7.55. The summed E-state index contributed by atoms with van der Waals surface area (Å²) in [5.41, 5.74) is 2.30. The molecule has 3 aliphatic heterocycles. The number of hydrogen-bond acceptors (Lipinski definition) is 4. The SMILES string of the molecule is CN(C)S(=O)(=O)N1C[C@@H]2CC[C@H](C1)N(Cc1ccc(-n3cccn3)cc1)C2. The lowest BCUT2D eigenvalue weighted by Gasteiger charge is -2.36. The van der Waals surface area contributed by atoms with E-state index in [1.807, 2.05) is 16.9 Å². The molecule has 0 aliphatic carbocycles. The van der Waals surface area contributed by atoms with Crippen molar-refractivity contribution >= 4 is 10.2 Å². The Morgan fingerprint density at radius 3 is 2.56 bits per heavy atom. The van der Waals surface area contributed by atoms with Gasteiger partial charge in [-0.25, -0.2) is 4.68 Å². The molecule has 3 aliphatic rings. The van der Waals surface area contributed by atoms with Crippen LogP contribution in [0.4, 0.5) is 0 Å². The van der Waals surface area contributed by atoms with Crippen LogP contribution in [0.3, 0.4) is 0 Å². The Labute approximate surface area is 161 Å². The van der Waals surface area contributed by atoms with Gasteiger partial charge in [0, 0.05) is 58.7 Å². The lowest BCUT2D eigenvalue weighted by Crippen LogP contribution is -2.45. The molecule has 2 bridgehead atoms. The van der Waals surface area contributed by atoms with Crippen LogP contribution < -0.4 is 0 Å². The first-order valence-corrected chi connectivity index (χ1v) is 10.8. The van der Waals surface area contributed by atoms with Gasteiger partial charge in [-0.2, -0.15) is 22.1 Å². The van der Waals surface area contributed by atoms with Gasteiger partial charge in [0.1, 0.15) is 0 Å². The van der Waals surface area contributed by atoms with Crippen LogP contribution in [-0.2, 0) is 16.8 Å². The molecule has 0 unspecified atom stereocenters. The Morgan fingerprint density at radius 2 is 1.89 bits per heavy atom. The van der Waals surface area contributed by atoms with Crippen molar-refractivity contribution in [3.8, 4) is 5.69 Å². The van der Waals surface area contributed by atoms with Crippen LogP contribution in [0, 0.1) is 5.92 Å². The van der Waals surface area contributed by atoms with Gasteiger partial charge in [-0.3, -0.25) is 4.90 Å². The Hall–Kier alpha value is -1.74. The number of fused-ring (bicyclic) bond motifs is 4. The summed E-state index contributed by atoms with van der Waals surface area (Å²) in [4.78, 5) is 2.46. The molecule has 0 N–H and O–H groups in total. The highest BCUT2D eigenvalue weighted by Crippen LogP contribution is 2.30. The van der Waals surface area contributed by atoms with Gasteiger partial charge in [0.2, 0.25) is 0 Å². The number of benzene rings is 1. The average Bonchev–Trinajstić information content (AvgIpc) is 3.03. The summed E-state index contributed by atoms with van der Waals surface area (Å²) in [6, 6.07) is 10.6. The van der Waals surface area contributed by atoms with Crippen molar-refractivity contribution in [3.63, 3.8) is 0 Å². The molecule has 2 aromatic rings. The van der Waals surface area contributed by atoms with Crippen LogP contribution in [0.1, 0.15) is 18.4 Å². The molecule has 3 fully saturated rings. The molecule has 2 atom stereocenters. The number of nitrogens with zero attached hydrogens (tertiary/aromatic N) is 5. The third-order valence-electron chi connectivity index (χ3n) is 5.67. The van der Waals surface area contributed by atoms with Gasteiger partial charge in [-0.05, 0) is 42.5 Å². The lowest BCUT2D eigenvalue weighted by atomic mass is 9.94. The van der Waals surface area contributed by atoms with Crippen molar-refractivity contribution in [2.24, 2.45) is 5.92 Å². The molecule has 3 saturated heterocycles. The van der Waals surface area contributed by atoms with Crippen molar-refractivity contribution in [1.29, 1.82) is 0 Å². The topological polar surface area (TPSA) is 61.7 Å². The fraction of sp³-hybridized carbons (Fsp3) is 0.526. The fourth-order valence-corrected chi connectivity index (χ4v) is 5.38. The van der Waals surface area contributed by atoms with E-state index in [2.05, 4.69) is 34.3 Å². The predicted octanol–water partition coefficient (Wildman–Crippen LogP) is 1.57. The van der Waals surface area contributed by atoms with Crippen molar-refractivity contribution in [1.82, 2.24) is 23.3 Å². The first kappa shape index (κ1) is 18.6. The predicted molar refractivity (Wildman–Crippen MR) is 105 cm³/mol. The molecule has 7 nitrogen and oxygen atoms in total. The molecule has 0 radical (unpaired) electrons. The minimum absolute atomic E-state index is 0.282. The van der Waals surface area contributed by atoms with Crippen LogP contribution >= 0.6 is 0 Å². The smallest absolute Gasteiger partial charge is 0.281 e. The Bertz CT molecular complexity index is 864. The molecule has 0 saturated carbocycles. The summed E-state index contributed by atoms with van der Waals surface area (Å²) in [5.74, 6) is 0.404. The van der Waals surface area contributed by atoms with Crippen LogP contribution in [-0.4, -0.2) is 71.5 Å². The summed E-state index contributed by atoms with van der Waals surface area (Å²) in [5, 5.41) is 4.26. The zero-order valence-corrected chi connectivity index (χ0v) is 16.7. The van der Waals surface area contributed by atoms with Crippen molar-refractivity contribution in [3.05, 3.63) is 48.3 Å². The second-order valence-electron chi connectivity index (χ2n) is 7.75. The normalized spacial score (nSPS) is 24.4. The van der Waals surface area contributed by atoms with E-state index in [9.17, 15) is 8.42 Å². The molecule has 5 rings (SSSR count). The molecule has 146 valence electrons. The number of rotatable bonds is 5. The summed E-state index contributed by atoms with van der Waals surface area (Å²) < 4.78 is 30.0. The molecule has 1 aromatic heterocycles. The Balaban J connectivity index is 1.47. The van der Waals surface area contributed by atoms with E-state index in [0.29, 0.717) is 19.0 Å². The second-order valence-corrected chi connectivity index (χ2v) is 9.89. The number of piperidine rings is 1. The average molecular weight is 390 g/mol. The van der Waals surface area contributed by atoms with Gasteiger partial charge >= 0.3 is 0 Å². The second kappa shape index (κ2) is 7.35. The quantitative estimate of drug-likeness (QED) is 0.779. The van der Waals surface area contributed by atoms with E-state index in [4.69, 9.17) is 0 Å². The van der Waals surface area contributed by atoms with E-state index in [-0.39, 0.29) is 6.04 Å².